The lowest BCUT2D eigenvalue weighted by Gasteiger charge is -2.26. The summed E-state index contributed by atoms with van der Waals surface area (Å²) in [5, 5.41) is 10.9. The third kappa shape index (κ3) is 3.05. The van der Waals surface area contributed by atoms with Crippen LogP contribution < -0.4 is 21.7 Å². The number of para-hydroxylation sites is 1. The van der Waals surface area contributed by atoms with Gasteiger partial charge >= 0.3 is 5.69 Å². The van der Waals surface area contributed by atoms with E-state index < -0.39 is 17.2 Å². The first-order valence-corrected chi connectivity index (χ1v) is 10.4. The van der Waals surface area contributed by atoms with E-state index in [0.29, 0.717) is 6.54 Å². The fourth-order valence-corrected chi connectivity index (χ4v) is 4.51. The van der Waals surface area contributed by atoms with Crippen molar-refractivity contribution in [3.05, 3.63) is 110 Å². The Balaban J connectivity index is 1.82. The van der Waals surface area contributed by atoms with E-state index in [-0.39, 0.29) is 22.9 Å². The van der Waals surface area contributed by atoms with E-state index in [4.69, 9.17) is 10.5 Å². The van der Waals surface area contributed by atoms with Crippen molar-refractivity contribution in [1.29, 1.82) is 5.26 Å². The van der Waals surface area contributed by atoms with E-state index in [1.165, 1.54) is 18.7 Å². The smallest absolute Gasteiger partial charge is 0.333 e. The molecule has 3 heterocycles. The monoisotopic (exact) mass is 439 g/mol. The maximum Gasteiger partial charge on any atom is 0.333 e. The molecule has 2 N–H and O–H groups in total. The molecule has 0 saturated heterocycles. The van der Waals surface area contributed by atoms with Gasteiger partial charge in [0, 0.05) is 37.7 Å². The second-order valence-electron chi connectivity index (χ2n) is 8.06. The van der Waals surface area contributed by atoms with Crippen LogP contribution in [0.5, 0.6) is 5.88 Å². The number of allylic oxidation sites excluding steroid dienone is 1. The predicted molar refractivity (Wildman–Crippen MR) is 124 cm³/mol. The van der Waals surface area contributed by atoms with Crippen molar-refractivity contribution in [1.82, 2.24) is 13.7 Å². The van der Waals surface area contributed by atoms with Crippen LogP contribution in [-0.2, 0) is 20.6 Å². The quantitative estimate of drug-likeness (QED) is 0.527. The maximum absolute atomic E-state index is 13.3. The van der Waals surface area contributed by atoms with Crippen LogP contribution in [-0.4, -0.2) is 13.7 Å². The fourth-order valence-electron chi connectivity index (χ4n) is 4.51. The Hall–Kier alpha value is -4.51. The van der Waals surface area contributed by atoms with Crippen LogP contribution in [0.1, 0.15) is 22.6 Å². The van der Waals surface area contributed by atoms with Gasteiger partial charge in [-0.2, -0.15) is 5.26 Å². The number of aromatic nitrogens is 3. The maximum atomic E-state index is 13.3. The van der Waals surface area contributed by atoms with Crippen molar-refractivity contribution < 1.29 is 4.74 Å². The number of ether oxygens (including phenoxy) is 1. The molecule has 8 nitrogen and oxygen atoms in total. The third-order valence-electron chi connectivity index (χ3n) is 6.14. The fraction of sp³-hybridized carbons (Fsp3) is 0.160. The lowest BCUT2D eigenvalue weighted by molar-refractivity contribution is 0.348. The van der Waals surface area contributed by atoms with Gasteiger partial charge in [-0.1, -0.05) is 48.5 Å². The van der Waals surface area contributed by atoms with E-state index >= 15 is 0 Å². The average Bonchev–Trinajstić information content (AvgIpc) is 3.19. The van der Waals surface area contributed by atoms with Gasteiger partial charge in [-0.05, 0) is 17.2 Å². The zero-order valence-corrected chi connectivity index (χ0v) is 18.1. The molecule has 1 aliphatic rings. The minimum Gasteiger partial charge on any atom is -0.423 e. The summed E-state index contributed by atoms with van der Waals surface area (Å²) < 4.78 is 9.98. The highest BCUT2D eigenvalue weighted by Crippen LogP contribution is 2.42. The molecule has 164 valence electrons. The van der Waals surface area contributed by atoms with Gasteiger partial charge < -0.3 is 15.0 Å². The number of hydrogen-bond donors (Lipinski definition) is 1. The average molecular weight is 439 g/mol. The number of hydrogen-bond acceptors (Lipinski definition) is 5. The number of nitrogens with zero attached hydrogens (tertiary/aromatic N) is 4. The van der Waals surface area contributed by atoms with E-state index in [0.717, 1.165) is 26.6 Å². The van der Waals surface area contributed by atoms with Gasteiger partial charge in [-0.15, -0.1) is 0 Å². The highest BCUT2D eigenvalue weighted by molar-refractivity contribution is 5.86. The minimum absolute atomic E-state index is 0.0597. The van der Waals surface area contributed by atoms with Crippen LogP contribution in [0.4, 0.5) is 0 Å². The summed E-state index contributed by atoms with van der Waals surface area (Å²) >= 11 is 0. The number of fused-ring (bicyclic) bond motifs is 2. The largest absolute Gasteiger partial charge is 0.423 e. The molecule has 2 aromatic heterocycles. The molecule has 0 radical (unpaired) electrons. The highest BCUT2D eigenvalue weighted by atomic mass is 16.5. The summed E-state index contributed by atoms with van der Waals surface area (Å²) in [4.78, 5) is 25.8. The Morgan fingerprint density at radius 2 is 1.73 bits per heavy atom. The molecule has 2 aromatic carbocycles. The summed E-state index contributed by atoms with van der Waals surface area (Å²) in [6.07, 6.45) is 1.95. The summed E-state index contributed by atoms with van der Waals surface area (Å²) in [6, 6.07) is 20.0. The molecule has 0 saturated carbocycles. The zero-order valence-electron chi connectivity index (χ0n) is 18.1. The Bertz CT molecular complexity index is 1600. The molecule has 5 rings (SSSR count). The molecule has 1 aliphatic heterocycles. The molecule has 8 heteroatoms. The number of rotatable bonds is 3. The van der Waals surface area contributed by atoms with Crippen molar-refractivity contribution in [3.63, 3.8) is 0 Å². The van der Waals surface area contributed by atoms with Crippen molar-refractivity contribution in [2.24, 2.45) is 19.8 Å². The Morgan fingerprint density at radius 3 is 2.45 bits per heavy atom. The van der Waals surface area contributed by atoms with Crippen LogP contribution in [0.3, 0.4) is 0 Å². The van der Waals surface area contributed by atoms with Gasteiger partial charge in [-0.3, -0.25) is 13.9 Å². The van der Waals surface area contributed by atoms with Crippen LogP contribution in [0.15, 0.2) is 81.8 Å². The molecule has 0 fully saturated rings. The molecule has 1 atom stereocenters. The summed E-state index contributed by atoms with van der Waals surface area (Å²) in [5.41, 5.74) is 8.26. The molecule has 4 aromatic rings. The third-order valence-corrected chi connectivity index (χ3v) is 6.14. The van der Waals surface area contributed by atoms with Gasteiger partial charge in [-0.25, -0.2) is 4.79 Å². The van der Waals surface area contributed by atoms with E-state index in [1.54, 1.807) is 0 Å². The van der Waals surface area contributed by atoms with Crippen molar-refractivity contribution >= 4 is 10.9 Å². The number of nitriles is 1. The molecular formula is C25H21N5O3. The standard InChI is InChI=1S/C25H21N5O3/c1-28-23(31)21-20(17(12-26)22(27)33-24(21)29(2)25(28)32)18-14-30(13-15-8-4-3-5-9-15)19-11-7-6-10-16(18)19/h3-11,14,20H,13,27H2,1-2H3. The lowest BCUT2D eigenvalue weighted by atomic mass is 9.85. The summed E-state index contributed by atoms with van der Waals surface area (Å²) in [7, 11) is 2.93. The first-order chi connectivity index (χ1) is 15.9. The molecular weight excluding hydrogens is 418 g/mol. The van der Waals surface area contributed by atoms with E-state index in [9.17, 15) is 14.9 Å². The molecule has 0 spiro atoms. The molecule has 0 amide bonds. The molecule has 1 unspecified atom stereocenters. The minimum atomic E-state index is -0.772. The second kappa shape index (κ2) is 7.57. The molecule has 0 bridgehead atoms. The predicted octanol–water partition coefficient (Wildman–Crippen LogP) is 2.31. The highest BCUT2D eigenvalue weighted by Gasteiger charge is 2.37. The van der Waals surface area contributed by atoms with Gasteiger partial charge in [0.15, 0.2) is 0 Å². The molecule has 33 heavy (non-hydrogen) atoms. The van der Waals surface area contributed by atoms with Crippen LogP contribution in [0, 0.1) is 11.3 Å². The van der Waals surface area contributed by atoms with Crippen LogP contribution in [0.2, 0.25) is 0 Å². The van der Waals surface area contributed by atoms with Crippen molar-refractivity contribution in [3.8, 4) is 11.9 Å². The molecule has 0 aliphatic carbocycles. The van der Waals surface area contributed by atoms with E-state index in [1.807, 2.05) is 60.8 Å². The van der Waals surface area contributed by atoms with Gasteiger partial charge in [0.25, 0.3) is 5.56 Å². The van der Waals surface area contributed by atoms with Crippen molar-refractivity contribution in [2.45, 2.75) is 12.5 Å². The van der Waals surface area contributed by atoms with Gasteiger partial charge in [0.2, 0.25) is 11.8 Å². The van der Waals surface area contributed by atoms with Gasteiger partial charge in [0.05, 0.1) is 11.5 Å². The summed E-state index contributed by atoms with van der Waals surface area (Å²) in [5.74, 6) is -0.825. The normalized spacial score (nSPS) is 15.2. The number of benzene rings is 2. The van der Waals surface area contributed by atoms with Gasteiger partial charge in [0.1, 0.15) is 11.6 Å². The Morgan fingerprint density at radius 1 is 1.03 bits per heavy atom. The second-order valence-corrected chi connectivity index (χ2v) is 8.06. The van der Waals surface area contributed by atoms with Crippen LogP contribution >= 0.6 is 0 Å². The Kier molecular flexibility index (Phi) is 4.68. The zero-order chi connectivity index (χ0) is 23.3. The van der Waals surface area contributed by atoms with Crippen LogP contribution in [0.25, 0.3) is 10.9 Å². The lowest BCUT2D eigenvalue weighted by Crippen LogP contribution is -2.42. The Labute approximate surface area is 189 Å². The van der Waals surface area contributed by atoms with E-state index in [2.05, 4.69) is 10.6 Å². The first kappa shape index (κ1) is 20.4. The van der Waals surface area contributed by atoms with Crippen molar-refractivity contribution in [2.75, 3.05) is 0 Å². The number of nitrogens with two attached hydrogens (primary N) is 1. The topological polar surface area (TPSA) is 108 Å². The summed E-state index contributed by atoms with van der Waals surface area (Å²) in [6.45, 7) is 0.615. The first-order valence-electron chi connectivity index (χ1n) is 10.4. The SMILES string of the molecule is Cn1c2c(c(=O)n(C)c1=O)C(c1cn(Cc3ccccc3)c3ccccc13)C(C#N)=C(N)O2.